The quantitative estimate of drug-likeness (QED) is 0.379. The summed E-state index contributed by atoms with van der Waals surface area (Å²) in [5.74, 6) is 1.38. The van der Waals surface area contributed by atoms with Gasteiger partial charge >= 0.3 is 0 Å². The lowest BCUT2D eigenvalue weighted by molar-refractivity contribution is 0.122. The topological polar surface area (TPSA) is 64.8 Å². The molecule has 1 saturated heterocycles. The predicted octanol–water partition coefficient (Wildman–Crippen LogP) is 4.16. The molecule has 3 aromatic carbocycles. The summed E-state index contributed by atoms with van der Waals surface area (Å²) in [6.07, 6.45) is 2.17. The van der Waals surface area contributed by atoms with E-state index in [1.807, 2.05) is 47.0 Å². The van der Waals surface area contributed by atoms with Crippen LogP contribution in [0.1, 0.15) is 11.1 Å². The molecule has 7 nitrogen and oxygen atoms in total. The molecule has 5 aromatic rings. The van der Waals surface area contributed by atoms with Gasteiger partial charge in [-0.25, -0.2) is 0 Å². The fourth-order valence-electron chi connectivity index (χ4n) is 4.74. The first-order valence-electron chi connectivity index (χ1n) is 12.1. The molecule has 0 atom stereocenters. The lowest BCUT2D eigenvalue weighted by atomic mass is 10.0. The number of rotatable bonds is 5. The number of aryl methyl sites for hydroxylation is 1. The fraction of sp³-hybridized carbons (Fsp3) is 0.207. The van der Waals surface area contributed by atoms with Crippen LogP contribution in [0.15, 0.2) is 72.8 Å². The van der Waals surface area contributed by atoms with Crippen LogP contribution in [0, 0.1) is 6.92 Å². The molecule has 36 heavy (non-hydrogen) atoms. The first-order valence-corrected chi connectivity index (χ1v) is 12.1. The van der Waals surface area contributed by atoms with Crippen molar-refractivity contribution in [2.24, 2.45) is 0 Å². The number of hydrogen-bond acceptors (Lipinski definition) is 6. The minimum absolute atomic E-state index is 0.652. The van der Waals surface area contributed by atoms with Crippen molar-refractivity contribution in [3.63, 3.8) is 0 Å². The van der Waals surface area contributed by atoms with E-state index in [2.05, 4.69) is 58.4 Å². The Morgan fingerprint density at radius 2 is 1.69 bits per heavy atom. The van der Waals surface area contributed by atoms with E-state index in [0.29, 0.717) is 11.5 Å². The zero-order valence-electron chi connectivity index (χ0n) is 20.4. The number of hydrogen-bond donors (Lipinski definition) is 0. The van der Waals surface area contributed by atoms with E-state index in [9.17, 15) is 0 Å². The van der Waals surface area contributed by atoms with Gasteiger partial charge in [-0.05, 0) is 48.4 Å². The first-order chi connectivity index (χ1) is 17.7. The van der Waals surface area contributed by atoms with E-state index in [0.717, 1.165) is 59.7 Å². The van der Waals surface area contributed by atoms with Gasteiger partial charge in [0.2, 0.25) is 0 Å². The standard InChI is InChI=1S/C29H27N5O2/c1-20-18-23(33-14-16-36-17-15-33)13-12-22(20)19-25-27(21-8-4-3-5-9-21)32-34-28(30-31-29(25)34)24-10-6-7-11-26(24)35-2/h3-13,18-19H,14-17H2,1-2H3/b25-19-. The van der Waals surface area contributed by atoms with Gasteiger partial charge in [0, 0.05) is 29.6 Å². The second-order valence-electron chi connectivity index (χ2n) is 8.87. The summed E-state index contributed by atoms with van der Waals surface area (Å²) in [7, 11) is 1.66. The Hall–Kier alpha value is -4.23. The van der Waals surface area contributed by atoms with Gasteiger partial charge in [0.1, 0.15) is 11.4 Å². The summed E-state index contributed by atoms with van der Waals surface area (Å²) in [6, 6.07) is 24.6. The summed E-state index contributed by atoms with van der Waals surface area (Å²) < 4.78 is 12.9. The maximum absolute atomic E-state index is 5.58. The Balaban J connectivity index is 1.52. The molecule has 1 aliphatic rings. The van der Waals surface area contributed by atoms with Crippen LogP contribution in [0.2, 0.25) is 0 Å². The van der Waals surface area contributed by atoms with E-state index in [-0.39, 0.29) is 0 Å². The molecule has 1 aliphatic heterocycles. The molecule has 1 fully saturated rings. The van der Waals surface area contributed by atoms with Crippen LogP contribution >= 0.6 is 0 Å². The van der Waals surface area contributed by atoms with E-state index < -0.39 is 0 Å². The van der Waals surface area contributed by atoms with Crippen molar-refractivity contribution in [3.8, 4) is 28.4 Å². The van der Waals surface area contributed by atoms with Gasteiger partial charge in [-0.15, -0.1) is 10.2 Å². The lowest BCUT2D eigenvalue weighted by Gasteiger charge is -2.29. The molecule has 0 bridgehead atoms. The van der Waals surface area contributed by atoms with Crippen LogP contribution in [0.4, 0.5) is 5.69 Å². The maximum atomic E-state index is 5.58. The number of fused-ring (bicyclic) bond motifs is 1. The molecule has 180 valence electrons. The summed E-state index contributed by atoms with van der Waals surface area (Å²) >= 11 is 0. The van der Waals surface area contributed by atoms with E-state index in [4.69, 9.17) is 14.6 Å². The number of para-hydroxylation sites is 1. The third kappa shape index (κ3) is 3.97. The molecule has 3 heterocycles. The zero-order valence-corrected chi connectivity index (χ0v) is 20.4. The Labute approximate surface area is 209 Å². The molecule has 6 rings (SSSR count). The highest BCUT2D eigenvalue weighted by molar-refractivity contribution is 5.74. The number of methoxy groups -OCH3 is 1. The molecule has 7 heteroatoms. The molecule has 0 amide bonds. The van der Waals surface area contributed by atoms with Crippen molar-refractivity contribution in [2.45, 2.75) is 6.92 Å². The summed E-state index contributed by atoms with van der Waals surface area (Å²) in [5.41, 5.74) is 7.01. The average molecular weight is 478 g/mol. The summed E-state index contributed by atoms with van der Waals surface area (Å²) in [5, 5.41) is 15.0. The van der Waals surface area contributed by atoms with Crippen LogP contribution in [-0.4, -0.2) is 53.2 Å². The van der Waals surface area contributed by atoms with Gasteiger partial charge < -0.3 is 14.4 Å². The van der Waals surface area contributed by atoms with Crippen molar-refractivity contribution in [1.82, 2.24) is 19.8 Å². The Kier molecular flexibility index (Phi) is 5.83. The molecular formula is C29H27N5O2. The Morgan fingerprint density at radius 1 is 0.917 bits per heavy atom. The fourth-order valence-corrected chi connectivity index (χ4v) is 4.74. The Morgan fingerprint density at radius 3 is 2.47 bits per heavy atom. The first kappa shape index (κ1) is 22.2. The highest BCUT2D eigenvalue weighted by Gasteiger charge is 2.19. The predicted molar refractivity (Wildman–Crippen MR) is 141 cm³/mol. The third-order valence-electron chi connectivity index (χ3n) is 6.66. The molecule has 0 N–H and O–H groups in total. The molecule has 0 unspecified atom stereocenters. The number of benzene rings is 3. The summed E-state index contributed by atoms with van der Waals surface area (Å²) in [4.78, 5) is 2.37. The molecule has 0 spiro atoms. The van der Waals surface area contributed by atoms with Crippen LogP contribution in [0.5, 0.6) is 5.75 Å². The molecule has 2 aromatic heterocycles. The third-order valence-corrected chi connectivity index (χ3v) is 6.66. The normalized spacial score (nSPS) is 14.5. The van der Waals surface area contributed by atoms with Gasteiger partial charge in [-0.3, -0.25) is 0 Å². The van der Waals surface area contributed by atoms with Gasteiger partial charge in [0.25, 0.3) is 0 Å². The number of morpholine rings is 1. The van der Waals surface area contributed by atoms with Crippen molar-refractivity contribution >= 4 is 17.4 Å². The van der Waals surface area contributed by atoms with Crippen LogP contribution in [0.3, 0.4) is 0 Å². The van der Waals surface area contributed by atoms with E-state index in [1.54, 1.807) is 7.11 Å². The van der Waals surface area contributed by atoms with Crippen molar-refractivity contribution < 1.29 is 9.47 Å². The summed E-state index contributed by atoms with van der Waals surface area (Å²) in [6.45, 7) is 5.52. The monoisotopic (exact) mass is 477 g/mol. The molecule has 0 aliphatic carbocycles. The molecule has 0 radical (unpaired) electrons. The van der Waals surface area contributed by atoms with Gasteiger partial charge in [-0.1, -0.05) is 48.5 Å². The highest BCUT2D eigenvalue weighted by Crippen LogP contribution is 2.29. The van der Waals surface area contributed by atoms with Crippen molar-refractivity contribution in [1.29, 1.82) is 0 Å². The number of aromatic nitrogens is 4. The Bertz CT molecular complexity index is 1570. The minimum Gasteiger partial charge on any atom is -0.496 e. The second kappa shape index (κ2) is 9.43. The van der Waals surface area contributed by atoms with Crippen LogP contribution < -0.4 is 14.9 Å². The van der Waals surface area contributed by atoms with E-state index >= 15 is 0 Å². The number of nitrogens with zero attached hydrogens (tertiary/aromatic N) is 5. The SMILES string of the molecule is COc1ccccc1-c1nnc2/c(=C\c3ccc(N4CCOCC4)cc3C)c(-c3ccccc3)nn12. The second-order valence-corrected chi connectivity index (χ2v) is 8.87. The van der Waals surface area contributed by atoms with Gasteiger partial charge in [0.05, 0.1) is 25.9 Å². The van der Waals surface area contributed by atoms with E-state index in [1.165, 1.54) is 11.3 Å². The minimum atomic E-state index is 0.652. The van der Waals surface area contributed by atoms with Gasteiger partial charge in [0.15, 0.2) is 11.5 Å². The number of ether oxygens (including phenoxy) is 2. The lowest BCUT2D eigenvalue weighted by Crippen LogP contribution is -2.36. The number of anilines is 1. The van der Waals surface area contributed by atoms with Crippen LogP contribution in [0.25, 0.3) is 34.4 Å². The highest BCUT2D eigenvalue weighted by atomic mass is 16.5. The van der Waals surface area contributed by atoms with Crippen LogP contribution in [-0.2, 0) is 4.74 Å². The van der Waals surface area contributed by atoms with Crippen molar-refractivity contribution in [3.05, 3.63) is 89.1 Å². The maximum Gasteiger partial charge on any atom is 0.189 e. The van der Waals surface area contributed by atoms with Gasteiger partial charge in [-0.2, -0.15) is 9.61 Å². The zero-order chi connectivity index (χ0) is 24.5. The smallest absolute Gasteiger partial charge is 0.189 e. The largest absolute Gasteiger partial charge is 0.496 e. The average Bonchev–Trinajstić information content (AvgIpc) is 3.51. The van der Waals surface area contributed by atoms with Crippen molar-refractivity contribution in [2.75, 3.05) is 38.3 Å². The molecule has 0 saturated carbocycles. The molecular weight excluding hydrogens is 450 g/mol.